The van der Waals surface area contributed by atoms with Gasteiger partial charge in [-0.1, -0.05) is 74.5 Å². The summed E-state index contributed by atoms with van der Waals surface area (Å²) in [6, 6.07) is 19.1. The fourth-order valence-corrected chi connectivity index (χ4v) is 6.62. The van der Waals surface area contributed by atoms with Crippen LogP contribution in [0.1, 0.15) is 59.8 Å². The summed E-state index contributed by atoms with van der Waals surface area (Å²) in [6.07, 6.45) is 4.23. The molecule has 0 spiro atoms. The molecule has 47 heavy (non-hydrogen) atoms. The molecule has 0 unspecified atom stereocenters. The molecule has 11 heteroatoms. The van der Waals surface area contributed by atoms with Crippen LogP contribution in [-0.2, 0) is 35.5 Å². The Labute approximate surface area is 285 Å². The number of amides is 3. The fourth-order valence-electron chi connectivity index (χ4n) is 5.51. The predicted molar refractivity (Wildman–Crippen MR) is 187 cm³/mol. The highest BCUT2D eigenvalue weighted by Crippen LogP contribution is 2.23. The van der Waals surface area contributed by atoms with E-state index in [2.05, 4.69) is 32.7 Å². The molecule has 4 aromatic rings. The standard InChI is InChI=1S/C36H45N5O4S2/c1-25(2)34(40-35(43)41(4)21-31-23-46-26(3)38-31)33(42)19-29(17-27-11-7-5-8-12-27)15-16-30(18-28-13-9-6-10-14-28)39-36(44)45-22-32-20-37-24-47-32/h5-14,20,23-25,29-30,34H,15-19,21-22H2,1-4H3,(H,39,44)(H,40,43)/t29-,30-,34+/m1/s1. The molecular weight excluding hydrogens is 631 g/mol. The zero-order chi connectivity index (χ0) is 33.6. The van der Waals surface area contributed by atoms with Gasteiger partial charge in [-0.2, -0.15) is 0 Å². The highest BCUT2D eigenvalue weighted by atomic mass is 32.1. The third kappa shape index (κ3) is 12.2. The van der Waals surface area contributed by atoms with E-state index >= 15 is 0 Å². The van der Waals surface area contributed by atoms with E-state index in [1.807, 2.05) is 74.7 Å². The number of nitrogens with one attached hydrogen (secondary N) is 2. The van der Waals surface area contributed by atoms with Crippen LogP contribution in [0, 0.1) is 18.8 Å². The lowest BCUT2D eigenvalue weighted by Crippen LogP contribution is -2.49. The molecule has 9 nitrogen and oxygen atoms in total. The minimum atomic E-state index is -0.625. The summed E-state index contributed by atoms with van der Waals surface area (Å²) in [5.41, 5.74) is 4.78. The van der Waals surface area contributed by atoms with Crippen LogP contribution in [0.2, 0.25) is 0 Å². The lowest BCUT2D eigenvalue weighted by molar-refractivity contribution is -0.122. The van der Waals surface area contributed by atoms with E-state index in [1.54, 1.807) is 35.0 Å². The predicted octanol–water partition coefficient (Wildman–Crippen LogP) is 7.21. The van der Waals surface area contributed by atoms with Crippen molar-refractivity contribution in [3.05, 3.63) is 104 Å². The van der Waals surface area contributed by atoms with E-state index < -0.39 is 12.1 Å². The van der Waals surface area contributed by atoms with Gasteiger partial charge in [0.15, 0.2) is 5.78 Å². The zero-order valence-electron chi connectivity index (χ0n) is 27.6. The molecule has 4 rings (SSSR count). The summed E-state index contributed by atoms with van der Waals surface area (Å²) >= 11 is 2.98. The third-order valence-corrected chi connectivity index (χ3v) is 9.54. The third-order valence-electron chi connectivity index (χ3n) is 7.96. The molecular formula is C36H45N5O4S2. The maximum absolute atomic E-state index is 13.9. The van der Waals surface area contributed by atoms with Gasteiger partial charge in [0.2, 0.25) is 0 Å². The van der Waals surface area contributed by atoms with Crippen molar-refractivity contribution in [3.63, 3.8) is 0 Å². The number of aromatic nitrogens is 2. The number of hydrogen-bond acceptors (Lipinski definition) is 8. The van der Waals surface area contributed by atoms with Crippen LogP contribution in [0.4, 0.5) is 9.59 Å². The average molecular weight is 676 g/mol. The zero-order valence-corrected chi connectivity index (χ0v) is 29.2. The first kappa shape index (κ1) is 35.8. The second-order valence-corrected chi connectivity index (χ2v) is 14.3. The number of alkyl carbamates (subject to hydrolysis) is 1. The topological polar surface area (TPSA) is 114 Å². The van der Waals surface area contributed by atoms with Crippen molar-refractivity contribution in [2.45, 2.75) is 78.1 Å². The molecule has 0 aliphatic heterocycles. The number of ether oxygens (including phenoxy) is 1. The molecule has 2 aromatic heterocycles. The van der Waals surface area contributed by atoms with E-state index in [4.69, 9.17) is 4.74 Å². The summed E-state index contributed by atoms with van der Waals surface area (Å²) in [4.78, 5) is 50.8. The number of carbonyl (C=O) groups is 3. The van der Waals surface area contributed by atoms with Gasteiger partial charge < -0.3 is 20.3 Å². The molecule has 0 bridgehead atoms. The Bertz CT molecular complexity index is 1530. The number of thiazole rings is 2. The number of urea groups is 1. The van der Waals surface area contributed by atoms with Crippen molar-refractivity contribution in [2.75, 3.05) is 7.05 Å². The van der Waals surface area contributed by atoms with Gasteiger partial charge in [-0.3, -0.25) is 9.78 Å². The van der Waals surface area contributed by atoms with E-state index in [-0.39, 0.29) is 36.3 Å². The Morgan fingerprint density at radius 1 is 0.915 bits per heavy atom. The van der Waals surface area contributed by atoms with Gasteiger partial charge in [0, 0.05) is 31.1 Å². The number of carbonyl (C=O) groups excluding carboxylic acids is 3. The van der Waals surface area contributed by atoms with Gasteiger partial charge in [0.25, 0.3) is 0 Å². The highest BCUT2D eigenvalue weighted by molar-refractivity contribution is 7.09. The van der Waals surface area contributed by atoms with Crippen molar-refractivity contribution >= 4 is 40.6 Å². The van der Waals surface area contributed by atoms with Crippen LogP contribution in [0.5, 0.6) is 0 Å². The molecule has 2 heterocycles. The number of Topliss-reactive ketones (excluding diaryl/α,β-unsaturated/α-hetero) is 1. The molecule has 0 saturated heterocycles. The van der Waals surface area contributed by atoms with Gasteiger partial charge in [0.05, 0.1) is 33.7 Å². The minimum absolute atomic E-state index is 0.00344. The van der Waals surface area contributed by atoms with Gasteiger partial charge in [-0.25, -0.2) is 14.6 Å². The summed E-state index contributed by atoms with van der Waals surface area (Å²) in [6.45, 7) is 6.38. The van der Waals surface area contributed by atoms with Crippen molar-refractivity contribution in [2.24, 2.45) is 11.8 Å². The lowest BCUT2D eigenvalue weighted by atomic mass is 9.85. The molecule has 2 aromatic carbocycles. The highest BCUT2D eigenvalue weighted by Gasteiger charge is 2.28. The van der Waals surface area contributed by atoms with Gasteiger partial charge in [-0.15, -0.1) is 22.7 Å². The number of rotatable bonds is 17. The Morgan fingerprint density at radius 2 is 1.60 bits per heavy atom. The smallest absolute Gasteiger partial charge is 0.407 e. The second-order valence-electron chi connectivity index (χ2n) is 12.3. The molecule has 0 aliphatic rings. The van der Waals surface area contributed by atoms with E-state index in [0.29, 0.717) is 38.6 Å². The molecule has 3 atom stereocenters. The lowest BCUT2D eigenvalue weighted by Gasteiger charge is -2.27. The van der Waals surface area contributed by atoms with Gasteiger partial charge in [0.1, 0.15) is 6.61 Å². The van der Waals surface area contributed by atoms with E-state index in [1.165, 1.54) is 11.3 Å². The Balaban J connectivity index is 1.43. The van der Waals surface area contributed by atoms with Crippen molar-refractivity contribution in [3.8, 4) is 0 Å². The maximum Gasteiger partial charge on any atom is 0.407 e. The fraction of sp³-hybridized carbons (Fsp3) is 0.417. The Kier molecular flexibility index (Phi) is 13.9. The van der Waals surface area contributed by atoms with Crippen molar-refractivity contribution in [1.29, 1.82) is 0 Å². The van der Waals surface area contributed by atoms with Gasteiger partial charge >= 0.3 is 12.1 Å². The van der Waals surface area contributed by atoms with Crippen LogP contribution < -0.4 is 10.6 Å². The van der Waals surface area contributed by atoms with Crippen molar-refractivity contribution < 1.29 is 19.1 Å². The summed E-state index contributed by atoms with van der Waals surface area (Å²) in [7, 11) is 1.71. The first-order valence-electron chi connectivity index (χ1n) is 16.0. The van der Waals surface area contributed by atoms with Crippen LogP contribution in [-0.4, -0.2) is 51.9 Å². The van der Waals surface area contributed by atoms with E-state index in [9.17, 15) is 14.4 Å². The molecule has 0 saturated carbocycles. The molecule has 0 fully saturated rings. The summed E-state index contributed by atoms with van der Waals surface area (Å²) in [5, 5.41) is 8.96. The Hall–Kier alpha value is -4.09. The molecule has 2 N–H and O–H groups in total. The molecule has 0 aliphatic carbocycles. The quantitative estimate of drug-likeness (QED) is 0.122. The van der Waals surface area contributed by atoms with Crippen LogP contribution in [0.15, 0.2) is 77.8 Å². The Morgan fingerprint density at radius 3 is 2.19 bits per heavy atom. The van der Waals surface area contributed by atoms with Crippen LogP contribution in [0.25, 0.3) is 0 Å². The number of nitrogens with zero attached hydrogens (tertiary/aromatic N) is 3. The number of hydrogen-bond donors (Lipinski definition) is 2. The SMILES string of the molecule is Cc1nc(CN(C)C(=O)N[C@H](C(=O)C[C@H](CC[C@H](Cc2ccccc2)NC(=O)OCc2cncs2)Cc2ccccc2)C(C)C)cs1. The normalized spacial score (nSPS) is 13.0. The monoisotopic (exact) mass is 675 g/mol. The molecule has 250 valence electrons. The van der Waals surface area contributed by atoms with Crippen molar-refractivity contribution in [1.82, 2.24) is 25.5 Å². The second kappa shape index (κ2) is 18.3. The molecule has 0 radical (unpaired) electrons. The number of aryl methyl sites for hydroxylation is 1. The average Bonchev–Trinajstić information content (AvgIpc) is 3.73. The summed E-state index contributed by atoms with van der Waals surface area (Å²) in [5.74, 6) is -0.0738. The maximum atomic E-state index is 13.9. The number of benzene rings is 2. The first-order chi connectivity index (χ1) is 22.7. The minimum Gasteiger partial charge on any atom is -0.444 e. The van der Waals surface area contributed by atoms with Crippen LogP contribution in [0.3, 0.4) is 0 Å². The molecule has 3 amide bonds. The van der Waals surface area contributed by atoms with E-state index in [0.717, 1.165) is 26.7 Å². The number of ketones is 1. The first-order valence-corrected chi connectivity index (χ1v) is 17.8. The largest absolute Gasteiger partial charge is 0.444 e. The summed E-state index contributed by atoms with van der Waals surface area (Å²) < 4.78 is 5.49. The van der Waals surface area contributed by atoms with Gasteiger partial charge in [-0.05, 0) is 55.6 Å². The van der Waals surface area contributed by atoms with Crippen LogP contribution >= 0.6 is 22.7 Å².